The Labute approximate surface area is 78.8 Å². The second-order valence-corrected chi connectivity index (χ2v) is 3.57. The minimum Gasteiger partial charge on any atom is -0.294 e. The summed E-state index contributed by atoms with van der Waals surface area (Å²) in [5.41, 5.74) is 3.67. The van der Waals surface area contributed by atoms with Crippen molar-refractivity contribution < 1.29 is 4.79 Å². The maximum atomic E-state index is 11.6. The minimum absolute atomic E-state index is 0.291. The van der Waals surface area contributed by atoms with Crippen LogP contribution in [-0.2, 0) is 12.8 Å². The standard InChI is InChI=1S/C12H14O/c1-2-12(13)11-8-4-6-9-5-3-7-10(9)11/h4,6,8H,2-3,5,7H2,1H3. The molecule has 2 rings (SSSR count). The smallest absolute Gasteiger partial charge is 0.162 e. The molecular weight excluding hydrogens is 160 g/mol. The van der Waals surface area contributed by atoms with Gasteiger partial charge in [0.05, 0.1) is 0 Å². The molecule has 1 aromatic carbocycles. The predicted octanol–water partition coefficient (Wildman–Crippen LogP) is 2.77. The topological polar surface area (TPSA) is 17.1 Å². The first kappa shape index (κ1) is 8.49. The average Bonchev–Trinajstić information content (AvgIpc) is 2.63. The van der Waals surface area contributed by atoms with E-state index >= 15 is 0 Å². The third-order valence-corrected chi connectivity index (χ3v) is 2.77. The van der Waals surface area contributed by atoms with Crippen LogP contribution in [0.1, 0.15) is 41.3 Å². The lowest BCUT2D eigenvalue weighted by atomic mass is 9.99. The van der Waals surface area contributed by atoms with Crippen LogP contribution in [0.25, 0.3) is 0 Å². The van der Waals surface area contributed by atoms with Gasteiger partial charge >= 0.3 is 0 Å². The Bertz CT molecular complexity index is 339. The second kappa shape index (κ2) is 3.33. The number of hydrogen-bond acceptors (Lipinski definition) is 1. The molecule has 0 fully saturated rings. The molecule has 0 spiro atoms. The number of Topliss-reactive ketones (excluding diaryl/α,β-unsaturated/α-hetero) is 1. The number of aryl methyl sites for hydroxylation is 1. The fourth-order valence-electron chi connectivity index (χ4n) is 2.07. The highest BCUT2D eigenvalue weighted by Gasteiger charge is 2.16. The Balaban J connectivity index is 2.47. The van der Waals surface area contributed by atoms with E-state index in [1.54, 1.807) is 0 Å². The number of benzene rings is 1. The van der Waals surface area contributed by atoms with E-state index in [0.717, 1.165) is 18.4 Å². The molecule has 0 saturated carbocycles. The first-order chi connectivity index (χ1) is 6.33. The van der Waals surface area contributed by atoms with Gasteiger partial charge in [-0.05, 0) is 30.4 Å². The van der Waals surface area contributed by atoms with Gasteiger partial charge < -0.3 is 0 Å². The van der Waals surface area contributed by atoms with Gasteiger partial charge in [-0.15, -0.1) is 0 Å². The van der Waals surface area contributed by atoms with E-state index in [0.29, 0.717) is 12.2 Å². The normalized spacial score (nSPS) is 14.2. The van der Waals surface area contributed by atoms with Crippen molar-refractivity contribution in [3.63, 3.8) is 0 Å². The molecule has 0 amide bonds. The van der Waals surface area contributed by atoms with Crippen LogP contribution in [-0.4, -0.2) is 5.78 Å². The zero-order chi connectivity index (χ0) is 9.26. The summed E-state index contributed by atoms with van der Waals surface area (Å²) in [6.45, 7) is 1.93. The summed E-state index contributed by atoms with van der Waals surface area (Å²) in [6, 6.07) is 6.12. The van der Waals surface area contributed by atoms with Gasteiger partial charge in [0, 0.05) is 12.0 Å². The van der Waals surface area contributed by atoms with Gasteiger partial charge in [0.15, 0.2) is 5.78 Å². The minimum atomic E-state index is 0.291. The molecule has 0 saturated heterocycles. The molecule has 0 bridgehead atoms. The van der Waals surface area contributed by atoms with E-state index < -0.39 is 0 Å². The molecule has 1 aliphatic carbocycles. The molecular formula is C12H14O. The van der Waals surface area contributed by atoms with Crippen LogP contribution in [0.15, 0.2) is 18.2 Å². The lowest BCUT2D eigenvalue weighted by Gasteiger charge is -2.05. The van der Waals surface area contributed by atoms with Crippen LogP contribution < -0.4 is 0 Å². The molecule has 0 unspecified atom stereocenters. The molecule has 0 radical (unpaired) electrons. The van der Waals surface area contributed by atoms with E-state index in [1.807, 2.05) is 19.1 Å². The molecule has 68 valence electrons. The first-order valence-corrected chi connectivity index (χ1v) is 4.97. The third kappa shape index (κ3) is 1.39. The van der Waals surface area contributed by atoms with Crippen LogP contribution in [0, 0.1) is 0 Å². The molecule has 13 heavy (non-hydrogen) atoms. The van der Waals surface area contributed by atoms with Crippen molar-refractivity contribution in [3.05, 3.63) is 34.9 Å². The van der Waals surface area contributed by atoms with Crippen molar-refractivity contribution in [2.75, 3.05) is 0 Å². The SMILES string of the molecule is CCC(=O)c1cccc2c1CCC2. The molecule has 0 N–H and O–H groups in total. The predicted molar refractivity (Wildman–Crippen MR) is 53.1 cm³/mol. The molecule has 0 atom stereocenters. The van der Waals surface area contributed by atoms with Crippen molar-refractivity contribution in [1.29, 1.82) is 0 Å². The van der Waals surface area contributed by atoms with E-state index in [-0.39, 0.29) is 0 Å². The number of hydrogen-bond donors (Lipinski definition) is 0. The molecule has 0 aromatic heterocycles. The summed E-state index contributed by atoms with van der Waals surface area (Å²) in [4.78, 5) is 11.6. The van der Waals surface area contributed by atoms with Crippen LogP contribution in [0.2, 0.25) is 0 Å². The van der Waals surface area contributed by atoms with E-state index in [1.165, 1.54) is 17.5 Å². The van der Waals surface area contributed by atoms with Gasteiger partial charge in [0.2, 0.25) is 0 Å². The number of rotatable bonds is 2. The average molecular weight is 174 g/mol. The first-order valence-electron chi connectivity index (χ1n) is 4.97. The van der Waals surface area contributed by atoms with Gasteiger partial charge in [0.1, 0.15) is 0 Å². The van der Waals surface area contributed by atoms with E-state index in [4.69, 9.17) is 0 Å². The van der Waals surface area contributed by atoms with Crippen molar-refractivity contribution in [2.45, 2.75) is 32.6 Å². The zero-order valence-electron chi connectivity index (χ0n) is 7.97. The Morgan fingerprint density at radius 3 is 3.00 bits per heavy atom. The van der Waals surface area contributed by atoms with Crippen LogP contribution >= 0.6 is 0 Å². The van der Waals surface area contributed by atoms with Gasteiger partial charge in [-0.25, -0.2) is 0 Å². The molecule has 1 heteroatoms. The zero-order valence-corrected chi connectivity index (χ0v) is 7.97. The lowest BCUT2D eigenvalue weighted by Crippen LogP contribution is -2.01. The van der Waals surface area contributed by atoms with Gasteiger partial charge in [-0.3, -0.25) is 4.79 Å². The molecule has 0 heterocycles. The third-order valence-electron chi connectivity index (χ3n) is 2.77. The van der Waals surface area contributed by atoms with Crippen molar-refractivity contribution in [3.8, 4) is 0 Å². The van der Waals surface area contributed by atoms with Crippen LogP contribution in [0.4, 0.5) is 0 Å². The maximum Gasteiger partial charge on any atom is 0.162 e. The van der Waals surface area contributed by atoms with E-state index in [2.05, 4.69) is 6.07 Å². The molecule has 0 aliphatic heterocycles. The summed E-state index contributed by atoms with van der Waals surface area (Å²) < 4.78 is 0. The highest BCUT2D eigenvalue weighted by atomic mass is 16.1. The largest absolute Gasteiger partial charge is 0.294 e. The fraction of sp³-hybridized carbons (Fsp3) is 0.417. The van der Waals surface area contributed by atoms with Crippen LogP contribution in [0.3, 0.4) is 0 Å². The Kier molecular flexibility index (Phi) is 2.17. The summed E-state index contributed by atoms with van der Waals surface area (Å²) in [6.07, 6.45) is 4.08. The number of carbonyl (C=O) groups is 1. The fourth-order valence-corrected chi connectivity index (χ4v) is 2.07. The van der Waals surface area contributed by atoms with Crippen LogP contribution in [0.5, 0.6) is 0 Å². The number of ketones is 1. The second-order valence-electron chi connectivity index (χ2n) is 3.57. The van der Waals surface area contributed by atoms with Crippen molar-refractivity contribution in [1.82, 2.24) is 0 Å². The lowest BCUT2D eigenvalue weighted by molar-refractivity contribution is 0.0987. The van der Waals surface area contributed by atoms with Gasteiger partial charge in [-0.2, -0.15) is 0 Å². The van der Waals surface area contributed by atoms with Gasteiger partial charge in [0.25, 0.3) is 0 Å². The molecule has 1 nitrogen and oxygen atoms in total. The highest BCUT2D eigenvalue weighted by molar-refractivity contribution is 5.97. The van der Waals surface area contributed by atoms with Gasteiger partial charge in [-0.1, -0.05) is 25.1 Å². The maximum absolute atomic E-state index is 11.6. The Morgan fingerprint density at radius 1 is 1.38 bits per heavy atom. The quantitative estimate of drug-likeness (QED) is 0.630. The molecule has 1 aliphatic rings. The summed E-state index contributed by atoms with van der Waals surface area (Å²) in [7, 11) is 0. The number of fused-ring (bicyclic) bond motifs is 1. The van der Waals surface area contributed by atoms with Crippen molar-refractivity contribution >= 4 is 5.78 Å². The Hall–Kier alpha value is -1.11. The van der Waals surface area contributed by atoms with Crippen molar-refractivity contribution in [2.24, 2.45) is 0 Å². The summed E-state index contributed by atoms with van der Waals surface area (Å²) in [5, 5.41) is 0. The van der Waals surface area contributed by atoms with E-state index in [9.17, 15) is 4.79 Å². The number of carbonyl (C=O) groups excluding carboxylic acids is 1. The highest BCUT2D eigenvalue weighted by Crippen LogP contribution is 2.25. The monoisotopic (exact) mass is 174 g/mol. The molecule has 1 aromatic rings. The summed E-state index contributed by atoms with van der Waals surface area (Å²) in [5.74, 6) is 0.291. The Morgan fingerprint density at radius 2 is 2.23 bits per heavy atom. The summed E-state index contributed by atoms with van der Waals surface area (Å²) >= 11 is 0.